The first-order valence-electron chi connectivity index (χ1n) is 8.87. The molecule has 2 rings (SSSR count). The van der Waals surface area contributed by atoms with Gasteiger partial charge in [-0.25, -0.2) is 4.79 Å². The van der Waals surface area contributed by atoms with E-state index in [0.717, 1.165) is 0 Å². The molecule has 0 radical (unpaired) electrons. The molecule has 0 fully saturated rings. The number of ketones is 1. The number of carbonyl (C=O) groups excluding carboxylic acids is 4. The summed E-state index contributed by atoms with van der Waals surface area (Å²) in [7, 11) is 0. The summed E-state index contributed by atoms with van der Waals surface area (Å²) in [5, 5.41) is 5.29. The molecule has 29 heavy (non-hydrogen) atoms. The molecule has 0 unspecified atom stereocenters. The Morgan fingerprint density at radius 2 is 1.52 bits per heavy atom. The van der Waals surface area contributed by atoms with Crippen LogP contribution in [0.2, 0.25) is 0 Å². The first kappa shape index (κ1) is 22.2. The molecule has 2 amide bonds. The summed E-state index contributed by atoms with van der Waals surface area (Å²) in [5.74, 6) is -1.08. The van der Waals surface area contributed by atoms with Crippen LogP contribution in [0.1, 0.15) is 31.1 Å². The molecule has 0 spiro atoms. The fourth-order valence-electron chi connectivity index (χ4n) is 2.30. The van der Waals surface area contributed by atoms with Crippen molar-refractivity contribution in [1.29, 1.82) is 0 Å². The number of carbonyl (C=O) groups is 4. The highest BCUT2D eigenvalue weighted by Gasteiger charge is 2.21. The fraction of sp³-hybridized carbons (Fsp3) is 0.238. The maximum absolute atomic E-state index is 12.5. The standard InChI is InChI=1S/C21H22N2O5S/c1-13(24)12-29-19-7-5-4-6-18(19)21(27)28-14(2)20(26)23-17-10-8-16(9-11-17)22-15(3)25/h4-11,14H,12H2,1-3H3,(H,22,25)(H,23,26)/t14-/m1/s1. The average molecular weight is 414 g/mol. The molecule has 0 aliphatic rings. The Balaban J connectivity index is 1.98. The molecule has 1 atom stereocenters. The minimum absolute atomic E-state index is 0.00422. The van der Waals surface area contributed by atoms with Gasteiger partial charge >= 0.3 is 5.97 Å². The van der Waals surface area contributed by atoms with Crippen LogP contribution < -0.4 is 10.6 Å². The van der Waals surface area contributed by atoms with Gasteiger partial charge in [0, 0.05) is 23.2 Å². The van der Waals surface area contributed by atoms with Crippen LogP contribution in [0.4, 0.5) is 11.4 Å². The minimum Gasteiger partial charge on any atom is -0.449 e. The van der Waals surface area contributed by atoms with Crippen LogP contribution in [0, 0.1) is 0 Å². The van der Waals surface area contributed by atoms with E-state index >= 15 is 0 Å². The van der Waals surface area contributed by atoms with Gasteiger partial charge in [0.25, 0.3) is 5.91 Å². The van der Waals surface area contributed by atoms with E-state index in [2.05, 4.69) is 10.6 Å². The number of hydrogen-bond acceptors (Lipinski definition) is 6. The summed E-state index contributed by atoms with van der Waals surface area (Å²) in [6.45, 7) is 4.36. The Morgan fingerprint density at radius 1 is 0.931 bits per heavy atom. The topological polar surface area (TPSA) is 102 Å². The lowest BCUT2D eigenvalue weighted by molar-refractivity contribution is -0.123. The van der Waals surface area contributed by atoms with Gasteiger partial charge in [-0.1, -0.05) is 12.1 Å². The number of nitrogens with one attached hydrogen (secondary N) is 2. The third-order valence-corrected chi connectivity index (χ3v) is 4.88. The summed E-state index contributed by atoms with van der Waals surface area (Å²) in [6.07, 6.45) is -1.02. The number of anilines is 2. The molecular weight excluding hydrogens is 392 g/mol. The number of rotatable bonds is 8. The van der Waals surface area contributed by atoms with Crippen LogP contribution in [-0.2, 0) is 19.1 Å². The predicted octanol–water partition coefficient (Wildman–Crippen LogP) is 3.51. The Hall–Kier alpha value is -3.13. The van der Waals surface area contributed by atoms with Crippen molar-refractivity contribution in [3.05, 3.63) is 54.1 Å². The van der Waals surface area contributed by atoms with Crippen molar-refractivity contribution in [2.24, 2.45) is 0 Å². The van der Waals surface area contributed by atoms with E-state index in [4.69, 9.17) is 4.74 Å². The molecule has 2 aromatic carbocycles. The zero-order chi connectivity index (χ0) is 21.4. The van der Waals surface area contributed by atoms with Gasteiger partial charge in [0.1, 0.15) is 5.78 Å². The van der Waals surface area contributed by atoms with Crippen molar-refractivity contribution in [3.63, 3.8) is 0 Å². The van der Waals surface area contributed by atoms with Crippen LogP contribution >= 0.6 is 11.8 Å². The highest BCUT2D eigenvalue weighted by Crippen LogP contribution is 2.24. The lowest BCUT2D eigenvalue weighted by Gasteiger charge is -2.15. The van der Waals surface area contributed by atoms with Crippen molar-refractivity contribution in [3.8, 4) is 0 Å². The third kappa shape index (κ3) is 7.08. The van der Waals surface area contributed by atoms with E-state index in [1.165, 1.54) is 32.5 Å². The van der Waals surface area contributed by atoms with Gasteiger partial charge in [-0.3, -0.25) is 14.4 Å². The number of ether oxygens (including phenoxy) is 1. The van der Waals surface area contributed by atoms with E-state index in [9.17, 15) is 19.2 Å². The van der Waals surface area contributed by atoms with Crippen LogP contribution in [0.15, 0.2) is 53.4 Å². The molecule has 7 nitrogen and oxygen atoms in total. The van der Waals surface area contributed by atoms with Crippen molar-refractivity contribution >= 4 is 46.7 Å². The Bertz CT molecular complexity index is 912. The molecular formula is C21H22N2O5S. The predicted molar refractivity (Wildman–Crippen MR) is 112 cm³/mol. The SMILES string of the molecule is CC(=O)CSc1ccccc1C(=O)O[C@H](C)C(=O)Nc1ccc(NC(C)=O)cc1. The smallest absolute Gasteiger partial charge is 0.340 e. The second-order valence-corrected chi connectivity index (χ2v) is 7.30. The highest BCUT2D eigenvalue weighted by molar-refractivity contribution is 8.00. The molecule has 8 heteroatoms. The van der Waals surface area contributed by atoms with E-state index in [1.807, 2.05) is 0 Å². The van der Waals surface area contributed by atoms with Gasteiger partial charge in [-0.2, -0.15) is 0 Å². The van der Waals surface area contributed by atoms with Crippen molar-refractivity contribution < 1.29 is 23.9 Å². The maximum atomic E-state index is 12.5. The first-order chi connectivity index (χ1) is 13.8. The van der Waals surface area contributed by atoms with E-state index in [1.54, 1.807) is 48.5 Å². The van der Waals surface area contributed by atoms with Gasteiger partial charge in [-0.15, -0.1) is 11.8 Å². The van der Waals surface area contributed by atoms with E-state index in [-0.39, 0.29) is 17.4 Å². The molecule has 0 heterocycles. The second kappa shape index (κ2) is 10.4. The summed E-state index contributed by atoms with van der Waals surface area (Å²) in [6, 6.07) is 13.3. The zero-order valence-corrected chi connectivity index (χ0v) is 17.2. The lowest BCUT2D eigenvalue weighted by Crippen LogP contribution is -2.30. The average Bonchev–Trinajstić information content (AvgIpc) is 2.67. The molecule has 2 N–H and O–H groups in total. The monoisotopic (exact) mass is 414 g/mol. The van der Waals surface area contributed by atoms with Gasteiger partial charge in [-0.05, 0) is 50.2 Å². The molecule has 0 aliphatic carbocycles. The summed E-state index contributed by atoms with van der Waals surface area (Å²) >= 11 is 1.25. The van der Waals surface area contributed by atoms with Gasteiger partial charge in [0.05, 0.1) is 11.3 Å². The molecule has 152 valence electrons. The van der Waals surface area contributed by atoms with Crippen LogP contribution in [0.3, 0.4) is 0 Å². The number of Topliss-reactive ketones (excluding diaryl/α,β-unsaturated/α-hetero) is 1. The summed E-state index contributed by atoms with van der Waals surface area (Å²) in [4.78, 5) is 47.7. The first-order valence-corrected chi connectivity index (χ1v) is 9.85. The maximum Gasteiger partial charge on any atom is 0.340 e. The van der Waals surface area contributed by atoms with Crippen LogP contribution in [0.25, 0.3) is 0 Å². The second-order valence-electron chi connectivity index (χ2n) is 6.28. The summed E-state index contributed by atoms with van der Waals surface area (Å²) < 4.78 is 5.29. The number of esters is 1. The molecule has 0 saturated carbocycles. The van der Waals surface area contributed by atoms with Crippen molar-refractivity contribution in [2.75, 3.05) is 16.4 Å². The molecule has 2 aromatic rings. The third-order valence-electron chi connectivity index (χ3n) is 3.66. The van der Waals surface area contributed by atoms with Gasteiger partial charge in [0.2, 0.25) is 5.91 Å². The molecule has 0 saturated heterocycles. The Morgan fingerprint density at radius 3 is 2.10 bits per heavy atom. The van der Waals surface area contributed by atoms with E-state index in [0.29, 0.717) is 21.8 Å². The number of benzene rings is 2. The van der Waals surface area contributed by atoms with Crippen LogP contribution in [0.5, 0.6) is 0 Å². The van der Waals surface area contributed by atoms with Gasteiger partial charge in [0.15, 0.2) is 6.10 Å². The fourth-order valence-corrected chi connectivity index (χ4v) is 3.14. The molecule has 0 aliphatic heterocycles. The number of thioether (sulfide) groups is 1. The van der Waals surface area contributed by atoms with Gasteiger partial charge < -0.3 is 15.4 Å². The highest BCUT2D eigenvalue weighted by atomic mass is 32.2. The van der Waals surface area contributed by atoms with Crippen LogP contribution in [-0.4, -0.2) is 35.4 Å². The molecule has 0 aromatic heterocycles. The normalized spacial score (nSPS) is 11.3. The van der Waals surface area contributed by atoms with Crippen molar-refractivity contribution in [1.82, 2.24) is 0 Å². The summed E-state index contributed by atoms with van der Waals surface area (Å²) in [5.41, 5.74) is 1.41. The largest absolute Gasteiger partial charge is 0.449 e. The molecule has 0 bridgehead atoms. The number of amides is 2. The van der Waals surface area contributed by atoms with E-state index < -0.39 is 18.0 Å². The lowest BCUT2D eigenvalue weighted by atomic mass is 10.2. The minimum atomic E-state index is -1.02. The number of hydrogen-bond donors (Lipinski definition) is 2. The zero-order valence-electron chi connectivity index (χ0n) is 16.4. The Labute approximate surface area is 173 Å². The quantitative estimate of drug-likeness (QED) is 0.506. The Kier molecular flexibility index (Phi) is 7.97. The van der Waals surface area contributed by atoms with Crippen molar-refractivity contribution in [2.45, 2.75) is 31.8 Å².